The van der Waals surface area contributed by atoms with Gasteiger partial charge in [-0.1, -0.05) is 54.6 Å². The zero-order valence-corrected chi connectivity index (χ0v) is 19.0. The molecule has 3 aromatic carbocycles. The van der Waals surface area contributed by atoms with Gasteiger partial charge in [0.05, 0.1) is 0 Å². The number of carbonyl (C=O) groups is 3. The zero-order chi connectivity index (χ0) is 23.9. The first-order valence-electron chi connectivity index (χ1n) is 11.3. The van der Waals surface area contributed by atoms with E-state index in [0.717, 1.165) is 28.8 Å². The Morgan fingerprint density at radius 1 is 0.882 bits per heavy atom. The minimum absolute atomic E-state index is 0.123. The maximum absolute atomic E-state index is 13.0. The normalized spacial score (nSPS) is 15.0. The summed E-state index contributed by atoms with van der Waals surface area (Å²) in [5, 5.41) is 5.69. The van der Waals surface area contributed by atoms with Gasteiger partial charge in [0, 0.05) is 24.8 Å². The number of benzene rings is 3. The Balaban J connectivity index is 1.39. The summed E-state index contributed by atoms with van der Waals surface area (Å²) in [5.74, 6) is -0.352. The number of hydrogen-bond acceptors (Lipinski definition) is 4. The monoisotopic (exact) mass is 457 g/mol. The highest BCUT2D eigenvalue weighted by Crippen LogP contribution is 2.26. The van der Waals surface area contributed by atoms with Crippen LogP contribution in [0, 0.1) is 0 Å². The highest BCUT2D eigenvalue weighted by molar-refractivity contribution is 5.97. The van der Waals surface area contributed by atoms with E-state index >= 15 is 0 Å². The lowest BCUT2D eigenvalue weighted by Crippen LogP contribution is -2.43. The SMILES string of the molecule is CC(=O)Nc1ccc(-c2cccc(NC(=O)C3CCCN3C(=O)OCc3ccccc3)c2)cc1. The molecule has 7 nitrogen and oxygen atoms in total. The van der Waals surface area contributed by atoms with E-state index in [4.69, 9.17) is 4.74 Å². The Morgan fingerprint density at radius 3 is 2.38 bits per heavy atom. The highest BCUT2D eigenvalue weighted by Gasteiger charge is 2.35. The minimum Gasteiger partial charge on any atom is -0.445 e. The fourth-order valence-electron chi connectivity index (χ4n) is 4.01. The molecule has 1 saturated heterocycles. The van der Waals surface area contributed by atoms with Crippen LogP contribution >= 0.6 is 0 Å². The van der Waals surface area contributed by atoms with Crippen LogP contribution < -0.4 is 10.6 Å². The molecule has 1 heterocycles. The van der Waals surface area contributed by atoms with Crippen molar-refractivity contribution in [2.24, 2.45) is 0 Å². The van der Waals surface area contributed by atoms with Crippen LogP contribution in [0.2, 0.25) is 0 Å². The van der Waals surface area contributed by atoms with E-state index in [0.29, 0.717) is 18.7 Å². The van der Waals surface area contributed by atoms with Crippen LogP contribution in [-0.2, 0) is 20.9 Å². The van der Waals surface area contributed by atoms with E-state index in [1.54, 1.807) is 0 Å². The van der Waals surface area contributed by atoms with Gasteiger partial charge >= 0.3 is 6.09 Å². The van der Waals surface area contributed by atoms with Crippen LogP contribution in [0.1, 0.15) is 25.3 Å². The number of ether oxygens (including phenoxy) is 1. The van der Waals surface area contributed by atoms with Crippen LogP contribution in [0.5, 0.6) is 0 Å². The number of hydrogen-bond donors (Lipinski definition) is 2. The second-order valence-electron chi connectivity index (χ2n) is 8.22. The molecule has 4 rings (SSSR count). The number of amides is 3. The van der Waals surface area contributed by atoms with Gasteiger partial charge in [0.2, 0.25) is 11.8 Å². The molecule has 1 aliphatic rings. The number of carbonyl (C=O) groups excluding carboxylic acids is 3. The topological polar surface area (TPSA) is 87.7 Å². The molecule has 0 bridgehead atoms. The molecular weight excluding hydrogens is 430 g/mol. The summed E-state index contributed by atoms with van der Waals surface area (Å²) in [7, 11) is 0. The average molecular weight is 458 g/mol. The van der Waals surface area contributed by atoms with Crippen molar-refractivity contribution in [3.63, 3.8) is 0 Å². The van der Waals surface area contributed by atoms with E-state index in [9.17, 15) is 14.4 Å². The second-order valence-corrected chi connectivity index (χ2v) is 8.22. The fraction of sp³-hybridized carbons (Fsp3) is 0.222. The first-order chi connectivity index (χ1) is 16.5. The summed E-state index contributed by atoms with van der Waals surface area (Å²) in [6, 6.07) is 23.9. The number of nitrogens with zero attached hydrogens (tertiary/aromatic N) is 1. The fourth-order valence-corrected chi connectivity index (χ4v) is 4.01. The number of anilines is 2. The van der Waals surface area contributed by atoms with Crippen molar-refractivity contribution < 1.29 is 19.1 Å². The molecule has 0 saturated carbocycles. The first-order valence-corrected chi connectivity index (χ1v) is 11.3. The van der Waals surface area contributed by atoms with Crippen molar-refractivity contribution in [3.8, 4) is 11.1 Å². The third-order valence-electron chi connectivity index (χ3n) is 5.66. The van der Waals surface area contributed by atoms with Crippen molar-refractivity contribution in [3.05, 3.63) is 84.4 Å². The summed E-state index contributed by atoms with van der Waals surface area (Å²) >= 11 is 0. The van der Waals surface area contributed by atoms with Crippen molar-refractivity contribution in [1.82, 2.24) is 4.90 Å². The van der Waals surface area contributed by atoms with E-state index in [2.05, 4.69) is 10.6 Å². The quantitative estimate of drug-likeness (QED) is 0.542. The van der Waals surface area contributed by atoms with Crippen molar-refractivity contribution in [2.75, 3.05) is 17.2 Å². The third kappa shape index (κ3) is 5.81. The predicted molar refractivity (Wildman–Crippen MR) is 131 cm³/mol. The Kier molecular flexibility index (Phi) is 7.22. The zero-order valence-electron chi connectivity index (χ0n) is 19.0. The van der Waals surface area contributed by atoms with E-state index < -0.39 is 12.1 Å². The molecule has 0 radical (unpaired) electrons. The smallest absolute Gasteiger partial charge is 0.410 e. The van der Waals surface area contributed by atoms with Gasteiger partial charge in [-0.15, -0.1) is 0 Å². The molecular formula is C27H27N3O4. The lowest BCUT2D eigenvalue weighted by molar-refractivity contribution is -0.120. The first kappa shape index (κ1) is 23.0. The molecule has 34 heavy (non-hydrogen) atoms. The van der Waals surface area contributed by atoms with Crippen LogP contribution in [0.15, 0.2) is 78.9 Å². The van der Waals surface area contributed by atoms with Crippen LogP contribution in [0.25, 0.3) is 11.1 Å². The Morgan fingerprint density at radius 2 is 1.65 bits per heavy atom. The Labute approximate surface area is 198 Å². The average Bonchev–Trinajstić information content (AvgIpc) is 3.34. The molecule has 3 aromatic rings. The van der Waals surface area contributed by atoms with Gasteiger partial charge in [0.25, 0.3) is 0 Å². The number of nitrogens with one attached hydrogen (secondary N) is 2. The molecule has 7 heteroatoms. The summed E-state index contributed by atoms with van der Waals surface area (Å²) < 4.78 is 5.43. The molecule has 0 aliphatic carbocycles. The van der Waals surface area contributed by atoms with E-state index in [-0.39, 0.29) is 18.4 Å². The van der Waals surface area contributed by atoms with Crippen LogP contribution in [-0.4, -0.2) is 35.4 Å². The molecule has 174 valence electrons. The molecule has 0 aromatic heterocycles. The van der Waals surface area contributed by atoms with Gasteiger partial charge in [-0.2, -0.15) is 0 Å². The lowest BCUT2D eigenvalue weighted by atomic mass is 10.0. The molecule has 2 N–H and O–H groups in total. The Bertz CT molecular complexity index is 1160. The second kappa shape index (κ2) is 10.7. The number of rotatable bonds is 6. The van der Waals surface area contributed by atoms with Crippen molar-refractivity contribution in [2.45, 2.75) is 32.4 Å². The summed E-state index contributed by atoms with van der Waals surface area (Å²) in [6.07, 6.45) is 0.866. The van der Waals surface area contributed by atoms with Crippen molar-refractivity contribution >= 4 is 29.3 Å². The van der Waals surface area contributed by atoms with Crippen LogP contribution in [0.4, 0.5) is 16.2 Å². The predicted octanol–water partition coefficient (Wildman–Crippen LogP) is 5.05. The largest absolute Gasteiger partial charge is 0.445 e. The summed E-state index contributed by atoms with van der Waals surface area (Å²) in [6.45, 7) is 2.13. The van der Waals surface area contributed by atoms with Gasteiger partial charge in [-0.05, 0) is 53.8 Å². The van der Waals surface area contributed by atoms with E-state index in [1.807, 2.05) is 78.9 Å². The van der Waals surface area contributed by atoms with Gasteiger partial charge in [-0.3, -0.25) is 14.5 Å². The molecule has 1 unspecified atom stereocenters. The molecule has 1 fully saturated rings. The van der Waals surface area contributed by atoms with Gasteiger partial charge in [-0.25, -0.2) is 4.79 Å². The maximum Gasteiger partial charge on any atom is 0.410 e. The molecule has 3 amide bonds. The molecule has 1 atom stereocenters. The highest BCUT2D eigenvalue weighted by atomic mass is 16.6. The van der Waals surface area contributed by atoms with Gasteiger partial charge in [0.1, 0.15) is 12.6 Å². The summed E-state index contributed by atoms with van der Waals surface area (Å²) in [5.41, 5.74) is 4.16. The Hall–Kier alpha value is -4.13. The summed E-state index contributed by atoms with van der Waals surface area (Å²) in [4.78, 5) is 38.3. The molecule has 0 spiro atoms. The van der Waals surface area contributed by atoms with E-state index in [1.165, 1.54) is 11.8 Å². The minimum atomic E-state index is -0.566. The van der Waals surface area contributed by atoms with Gasteiger partial charge in [0.15, 0.2) is 0 Å². The van der Waals surface area contributed by atoms with Crippen molar-refractivity contribution in [1.29, 1.82) is 0 Å². The maximum atomic E-state index is 13.0. The number of likely N-dealkylation sites (tertiary alicyclic amines) is 1. The lowest BCUT2D eigenvalue weighted by Gasteiger charge is -2.23. The standard InChI is InChI=1S/C27H27N3O4/c1-19(31)28-23-14-12-21(13-15-23)22-9-5-10-24(17-22)29-26(32)25-11-6-16-30(25)27(33)34-18-20-7-3-2-4-8-20/h2-5,7-10,12-15,17,25H,6,11,16,18H2,1H3,(H,28,31)(H,29,32). The third-order valence-corrected chi connectivity index (χ3v) is 5.66. The van der Waals surface area contributed by atoms with Crippen LogP contribution in [0.3, 0.4) is 0 Å². The van der Waals surface area contributed by atoms with Gasteiger partial charge < -0.3 is 15.4 Å². The molecule has 1 aliphatic heterocycles.